The fraction of sp³-hybridized carbons (Fsp3) is 0.385. The van der Waals surface area contributed by atoms with Gasteiger partial charge in [0.1, 0.15) is 5.82 Å². The van der Waals surface area contributed by atoms with Gasteiger partial charge in [0.25, 0.3) is 0 Å². The van der Waals surface area contributed by atoms with Crippen LogP contribution in [0.4, 0.5) is 10.1 Å². The van der Waals surface area contributed by atoms with E-state index < -0.39 is 0 Å². The molecule has 1 fully saturated rings. The van der Waals surface area contributed by atoms with Crippen molar-refractivity contribution in [1.29, 1.82) is 0 Å². The number of rotatable bonds is 10. The average molecular weight is 496 g/mol. The van der Waals surface area contributed by atoms with Gasteiger partial charge in [-0.05, 0) is 80.9 Å². The summed E-state index contributed by atoms with van der Waals surface area (Å²) >= 11 is 1.31. The number of carbonyl (C=O) groups excluding carboxylic acids is 2. The Balaban J connectivity index is 1.46. The van der Waals surface area contributed by atoms with Crippen LogP contribution < -0.4 is 5.32 Å². The Morgan fingerprint density at radius 2 is 1.71 bits per heavy atom. The first-order valence-corrected chi connectivity index (χ1v) is 13.0. The van der Waals surface area contributed by atoms with Crippen LogP contribution in [-0.2, 0) is 11.3 Å². The molecule has 1 N–H and O–H groups in total. The lowest BCUT2D eigenvalue weighted by atomic mass is 10.1. The van der Waals surface area contributed by atoms with Crippen LogP contribution in [0, 0.1) is 5.82 Å². The molecule has 3 aromatic rings. The maximum Gasteiger partial charge on any atom is 0.224 e. The number of hydrogen-bond acceptors (Lipinski definition) is 6. The zero-order valence-electron chi connectivity index (χ0n) is 19.9. The second-order valence-corrected chi connectivity index (χ2v) is 9.58. The van der Waals surface area contributed by atoms with Crippen LogP contribution in [0.3, 0.4) is 0 Å². The Labute approximate surface area is 209 Å². The molecule has 0 radical (unpaired) electrons. The Bertz CT molecular complexity index is 1140. The molecule has 2 aromatic carbocycles. The largest absolute Gasteiger partial charge is 0.326 e. The molecule has 1 aliphatic heterocycles. The average Bonchev–Trinajstić information content (AvgIpc) is 3.26. The van der Waals surface area contributed by atoms with E-state index in [4.69, 9.17) is 0 Å². The van der Waals surface area contributed by atoms with Crippen LogP contribution >= 0.6 is 11.8 Å². The molecule has 1 amide bonds. The number of nitrogens with one attached hydrogen (secondary N) is 1. The van der Waals surface area contributed by atoms with Gasteiger partial charge in [0.05, 0.1) is 12.3 Å². The van der Waals surface area contributed by atoms with Crippen molar-refractivity contribution in [3.63, 3.8) is 0 Å². The standard InChI is InChI=1S/C26H30FN5O2S/c1-2-6-25(34)28-21-11-7-19(8-12-21)23(33)18-35-26-30-29-24(17-31-15-4-3-5-16-31)32(26)22-13-9-20(27)10-14-22/h7-14H,2-6,15-18H2,1H3,(H,28,34). The summed E-state index contributed by atoms with van der Waals surface area (Å²) < 4.78 is 15.5. The second-order valence-electron chi connectivity index (χ2n) is 8.63. The predicted octanol–water partition coefficient (Wildman–Crippen LogP) is 5.11. The van der Waals surface area contributed by atoms with E-state index in [1.54, 1.807) is 36.4 Å². The second kappa shape index (κ2) is 12.1. The fourth-order valence-electron chi connectivity index (χ4n) is 4.07. The maximum absolute atomic E-state index is 13.6. The zero-order valence-corrected chi connectivity index (χ0v) is 20.7. The highest BCUT2D eigenvalue weighted by Gasteiger charge is 2.20. The lowest BCUT2D eigenvalue weighted by molar-refractivity contribution is -0.116. The number of Topliss-reactive ketones (excluding diaryl/α,β-unsaturated/α-hetero) is 1. The quantitative estimate of drug-likeness (QED) is 0.311. The van der Waals surface area contributed by atoms with Gasteiger partial charge in [-0.1, -0.05) is 25.1 Å². The van der Waals surface area contributed by atoms with Crippen molar-refractivity contribution >= 4 is 29.1 Å². The third-order valence-electron chi connectivity index (χ3n) is 5.90. The van der Waals surface area contributed by atoms with Crippen LogP contribution in [0.25, 0.3) is 5.69 Å². The van der Waals surface area contributed by atoms with Crippen molar-refractivity contribution in [1.82, 2.24) is 19.7 Å². The van der Waals surface area contributed by atoms with Gasteiger partial charge in [0.2, 0.25) is 5.91 Å². The summed E-state index contributed by atoms with van der Waals surface area (Å²) in [5.74, 6) is 0.568. The van der Waals surface area contributed by atoms with E-state index >= 15 is 0 Å². The SMILES string of the molecule is CCCC(=O)Nc1ccc(C(=O)CSc2nnc(CN3CCCCC3)n2-c2ccc(F)cc2)cc1. The van der Waals surface area contributed by atoms with Crippen LogP contribution in [0.1, 0.15) is 55.2 Å². The van der Waals surface area contributed by atoms with E-state index in [0.29, 0.717) is 29.4 Å². The first-order valence-electron chi connectivity index (χ1n) is 12.0. The summed E-state index contributed by atoms with van der Waals surface area (Å²) in [6.07, 6.45) is 4.83. The van der Waals surface area contributed by atoms with Crippen molar-refractivity contribution in [2.24, 2.45) is 0 Å². The van der Waals surface area contributed by atoms with Gasteiger partial charge < -0.3 is 5.32 Å². The molecule has 0 spiro atoms. The number of thioether (sulfide) groups is 1. The molecule has 7 nitrogen and oxygen atoms in total. The molecule has 0 aliphatic carbocycles. The van der Waals surface area contributed by atoms with E-state index in [0.717, 1.165) is 31.0 Å². The number of anilines is 1. The molecule has 0 unspecified atom stereocenters. The number of hydrogen-bond donors (Lipinski definition) is 1. The van der Waals surface area contributed by atoms with Gasteiger partial charge in [0.15, 0.2) is 16.8 Å². The molecule has 2 heterocycles. The molecule has 0 atom stereocenters. The third-order valence-corrected chi connectivity index (χ3v) is 6.83. The fourth-order valence-corrected chi connectivity index (χ4v) is 4.93. The number of carbonyl (C=O) groups is 2. The summed E-state index contributed by atoms with van der Waals surface area (Å²) in [5.41, 5.74) is 2.00. The predicted molar refractivity (Wildman–Crippen MR) is 135 cm³/mol. The highest BCUT2D eigenvalue weighted by Crippen LogP contribution is 2.25. The molecule has 1 aliphatic rings. The summed E-state index contributed by atoms with van der Waals surface area (Å²) in [6, 6.07) is 13.2. The Hall–Kier alpha value is -3.04. The van der Waals surface area contributed by atoms with E-state index in [-0.39, 0.29) is 23.3 Å². The Kier molecular flexibility index (Phi) is 8.65. The highest BCUT2D eigenvalue weighted by molar-refractivity contribution is 7.99. The van der Waals surface area contributed by atoms with Gasteiger partial charge >= 0.3 is 0 Å². The number of halogens is 1. The summed E-state index contributed by atoms with van der Waals surface area (Å²) in [4.78, 5) is 27.0. The van der Waals surface area contributed by atoms with E-state index in [1.165, 1.54) is 43.2 Å². The van der Waals surface area contributed by atoms with Gasteiger partial charge in [-0.25, -0.2) is 4.39 Å². The van der Waals surface area contributed by atoms with Crippen molar-refractivity contribution in [3.05, 3.63) is 65.7 Å². The monoisotopic (exact) mass is 495 g/mol. The van der Waals surface area contributed by atoms with Crippen LogP contribution in [-0.4, -0.2) is 50.2 Å². The van der Waals surface area contributed by atoms with Gasteiger partial charge in [-0.15, -0.1) is 10.2 Å². The lowest BCUT2D eigenvalue weighted by Gasteiger charge is -2.26. The first kappa shape index (κ1) is 25.1. The van der Waals surface area contributed by atoms with Crippen LogP contribution in [0.5, 0.6) is 0 Å². The number of benzene rings is 2. The molecule has 184 valence electrons. The molecule has 0 saturated carbocycles. The van der Waals surface area contributed by atoms with Crippen molar-refractivity contribution in [2.75, 3.05) is 24.2 Å². The molecule has 1 aromatic heterocycles. The van der Waals surface area contributed by atoms with E-state index in [1.807, 2.05) is 11.5 Å². The molecule has 35 heavy (non-hydrogen) atoms. The van der Waals surface area contributed by atoms with Crippen molar-refractivity contribution in [3.8, 4) is 5.69 Å². The Morgan fingerprint density at radius 1 is 1.00 bits per heavy atom. The zero-order chi connectivity index (χ0) is 24.6. The number of amides is 1. The highest BCUT2D eigenvalue weighted by atomic mass is 32.2. The van der Waals surface area contributed by atoms with Gasteiger partial charge in [-0.3, -0.25) is 19.1 Å². The molecule has 0 bridgehead atoms. The molecule has 1 saturated heterocycles. The topological polar surface area (TPSA) is 80.1 Å². The van der Waals surface area contributed by atoms with E-state index in [2.05, 4.69) is 20.4 Å². The van der Waals surface area contributed by atoms with Crippen molar-refractivity contribution in [2.45, 2.75) is 50.7 Å². The molecular weight excluding hydrogens is 465 g/mol. The minimum atomic E-state index is -0.307. The molecular formula is C26H30FN5O2S. The smallest absolute Gasteiger partial charge is 0.224 e. The molecule has 9 heteroatoms. The normalized spacial score (nSPS) is 14.1. The van der Waals surface area contributed by atoms with Crippen LogP contribution in [0.2, 0.25) is 0 Å². The summed E-state index contributed by atoms with van der Waals surface area (Å²) in [6.45, 7) is 4.65. The van der Waals surface area contributed by atoms with Crippen molar-refractivity contribution < 1.29 is 14.0 Å². The lowest BCUT2D eigenvalue weighted by Crippen LogP contribution is -2.30. The minimum Gasteiger partial charge on any atom is -0.326 e. The van der Waals surface area contributed by atoms with Crippen LogP contribution in [0.15, 0.2) is 53.7 Å². The number of likely N-dealkylation sites (tertiary alicyclic amines) is 1. The minimum absolute atomic E-state index is 0.0392. The number of ketones is 1. The molecule has 4 rings (SSSR count). The summed E-state index contributed by atoms with van der Waals surface area (Å²) in [5, 5.41) is 12.2. The van der Waals surface area contributed by atoms with E-state index in [9.17, 15) is 14.0 Å². The number of piperidine rings is 1. The number of nitrogens with zero attached hydrogens (tertiary/aromatic N) is 4. The number of aromatic nitrogens is 3. The summed E-state index contributed by atoms with van der Waals surface area (Å²) in [7, 11) is 0. The maximum atomic E-state index is 13.6. The third kappa shape index (κ3) is 6.76. The van der Waals surface area contributed by atoms with Gasteiger partial charge in [-0.2, -0.15) is 0 Å². The first-order chi connectivity index (χ1) is 17.0. The van der Waals surface area contributed by atoms with Gasteiger partial charge in [0, 0.05) is 23.4 Å². The Morgan fingerprint density at radius 3 is 2.40 bits per heavy atom.